The first-order chi connectivity index (χ1) is 8.65. The molecule has 100 valence electrons. The molecule has 0 bridgehead atoms. The third kappa shape index (κ3) is 4.91. The minimum Gasteiger partial charge on any atom is -0.338 e. The normalized spacial score (nSPS) is 10.1. The minimum atomic E-state index is -0.496. The molecule has 18 heavy (non-hydrogen) atoms. The van der Waals surface area contributed by atoms with Crippen molar-refractivity contribution in [2.45, 2.75) is 26.3 Å². The van der Waals surface area contributed by atoms with Crippen LogP contribution in [0.3, 0.4) is 0 Å². The van der Waals surface area contributed by atoms with Crippen LogP contribution < -0.4 is 16.4 Å². The maximum atomic E-state index is 11.5. The number of amides is 3. The average molecular weight is 254 g/mol. The second kappa shape index (κ2) is 7.38. The Kier molecular flexibility index (Phi) is 5.78. The number of imide groups is 1. The molecule has 0 aliphatic heterocycles. The highest BCUT2D eigenvalue weighted by Gasteiger charge is 2.09. The summed E-state index contributed by atoms with van der Waals surface area (Å²) in [5.74, 6) is -0.437. The molecule has 4 N–H and O–H groups in total. The second-order valence-corrected chi connectivity index (χ2v) is 3.75. The molecule has 0 spiro atoms. The number of urea groups is 1. The van der Waals surface area contributed by atoms with Gasteiger partial charge in [0.2, 0.25) is 5.91 Å². The summed E-state index contributed by atoms with van der Waals surface area (Å²) >= 11 is 0. The van der Waals surface area contributed by atoms with Gasteiger partial charge in [0.05, 0.1) is 5.69 Å². The molecule has 0 atom stereocenters. The van der Waals surface area contributed by atoms with E-state index >= 15 is 0 Å². The van der Waals surface area contributed by atoms with Gasteiger partial charge in [-0.2, -0.15) is 0 Å². The highest BCUT2D eigenvalue weighted by molar-refractivity contribution is 5.94. The van der Waals surface area contributed by atoms with Crippen molar-refractivity contribution >= 4 is 11.9 Å². The third-order valence-electron chi connectivity index (χ3n) is 2.08. The van der Waals surface area contributed by atoms with Crippen LogP contribution >= 0.6 is 0 Å². The van der Waals surface area contributed by atoms with E-state index in [-0.39, 0.29) is 6.54 Å². The Labute approximate surface area is 105 Å². The summed E-state index contributed by atoms with van der Waals surface area (Å²) < 4.78 is 1.37. The van der Waals surface area contributed by atoms with Crippen molar-refractivity contribution in [1.82, 2.24) is 25.6 Å². The van der Waals surface area contributed by atoms with E-state index < -0.39 is 11.9 Å². The van der Waals surface area contributed by atoms with Crippen LogP contribution in [0.5, 0.6) is 0 Å². The van der Waals surface area contributed by atoms with Gasteiger partial charge in [-0.15, -0.1) is 5.10 Å². The van der Waals surface area contributed by atoms with Gasteiger partial charge < -0.3 is 11.1 Å². The molecule has 1 aromatic heterocycles. The predicted molar refractivity (Wildman–Crippen MR) is 64.6 cm³/mol. The first-order valence-corrected chi connectivity index (χ1v) is 5.82. The number of carbonyl (C=O) groups is 2. The highest BCUT2D eigenvalue weighted by Crippen LogP contribution is 1.93. The molecule has 0 aromatic carbocycles. The van der Waals surface area contributed by atoms with Gasteiger partial charge in [0.1, 0.15) is 6.54 Å². The average Bonchev–Trinajstić information content (AvgIpc) is 2.74. The number of rotatable bonds is 6. The summed E-state index contributed by atoms with van der Waals surface area (Å²) in [6.45, 7) is 2.89. The zero-order chi connectivity index (χ0) is 13.4. The lowest BCUT2D eigenvalue weighted by Gasteiger charge is -2.04. The SMILES string of the molecule is CCCNC(=O)NC(=O)Cn1cc(CCN)nn1. The van der Waals surface area contributed by atoms with Gasteiger partial charge in [0.15, 0.2) is 0 Å². The van der Waals surface area contributed by atoms with Gasteiger partial charge in [-0.1, -0.05) is 12.1 Å². The quantitative estimate of drug-likeness (QED) is 0.603. The fourth-order valence-electron chi connectivity index (χ4n) is 1.27. The summed E-state index contributed by atoms with van der Waals surface area (Å²) in [7, 11) is 0. The highest BCUT2D eigenvalue weighted by atomic mass is 16.2. The predicted octanol–water partition coefficient (Wildman–Crippen LogP) is -0.985. The third-order valence-corrected chi connectivity index (χ3v) is 2.08. The van der Waals surface area contributed by atoms with Crippen molar-refractivity contribution in [3.8, 4) is 0 Å². The Morgan fingerprint density at radius 3 is 2.94 bits per heavy atom. The second-order valence-electron chi connectivity index (χ2n) is 3.75. The molecule has 0 radical (unpaired) electrons. The molecule has 0 saturated carbocycles. The lowest BCUT2D eigenvalue weighted by Crippen LogP contribution is -2.41. The Morgan fingerprint density at radius 1 is 1.50 bits per heavy atom. The van der Waals surface area contributed by atoms with Crippen molar-refractivity contribution < 1.29 is 9.59 Å². The number of nitrogens with zero attached hydrogens (tertiary/aromatic N) is 3. The molecular formula is C10H18N6O2. The van der Waals surface area contributed by atoms with Crippen LogP contribution in [0.1, 0.15) is 19.0 Å². The fraction of sp³-hybridized carbons (Fsp3) is 0.600. The standard InChI is InChI=1S/C10H18N6O2/c1-2-5-12-10(18)13-9(17)7-16-6-8(3-4-11)14-15-16/h6H,2-5,7,11H2,1H3,(H2,12,13,17,18). The van der Waals surface area contributed by atoms with Crippen molar-refractivity contribution in [1.29, 1.82) is 0 Å². The molecule has 3 amide bonds. The van der Waals surface area contributed by atoms with E-state index in [2.05, 4.69) is 20.9 Å². The molecule has 1 aromatic rings. The Hall–Kier alpha value is -1.96. The van der Waals surface area contributed by atoms with Crippen LogP contribution in [-0.4, -0.2) is 40.0 Å². The zero-order valence-electron chi connectivity index (χ0n) is 10.3. The minimum absolute atomic E-state index is 0.0445. The van der Waals surface area contributed by atoms with E-state index in [0.29, 0.717) is 19.5 Å². The summed E-state index contributed by atoms with van der Waals surface area (Å²) in [6, 6.07) is -0.496. The molecule has 8 heteroatoms. The van der Waals surface area contributed by atoms with E-state index in [4.69, 9.17) is 5.73 Å². The molecule has 0 saturated heterocycles. The van der Waals surface area contributed by atoms with E-state index in [9.17, 15) is 9.59 Å². The largest absolute Gasteiger partial charge is 0.338 e. The lowest BCUT2D eigenvalue weighted by atomic mass is 10.3. The van der Waals surface area contributed by atoms with Gasteiger partial charge in [0.25, 0.3) is 0 Å². The molecule has 0 aliphatic rings. The summed E-state index contributed by atoms with van der Waals surface area (Å²) in [6.07, 6.45) is 3.06. The van der Waals surface area contributed by atoms with Crippen LogP contribution in [0.25, 0.3) is 0 Å². The lowest BCUT2D eigenvalue weighted by molar-refractivity contribution is -0.120. The van der Waals surface area contributed by atoms with Gasteiger partial charge in [-0.25, -0.2) is 9.48 Å². The smallest absolute Gasteiger partial charge is 0.321 e. The number of nitrogens with two attached hydrogens (primary N) is 1. The van der Waals surface area contributed by atoms with Gasteiger partial charge in [-0.3, -0.25) is 10.1 Å². The zero-order valence-corrected chi connectivity index (χ0v) is 10.3. The molecule has 8 nitrogen and oxygen atoms in total. The number of carbonyl (C=O) groups excluding carboxylic acids is 2. The molecule has 0 fully saturated rings. The van der Waals surface area contributed by atoms with Crippen LogP contribution in [-0.2, 0) is 17.8 Å². The van der Waals surface area contributed by atoms with Gasteiger partial charge in [-0.05, 0) is 13.0 Å². The van der Waals surface area contributed by atoms with E-state index in [1.165, 1.54) is 4.68 Å². The maximum absolute atomic E-state index is 11.5. The van der Waals surface area contributed by atoms with Crippen molar-refractivity contribution in [2.24, 2.45) is 5.73 Å². The number of hydrogen-bond donors (Lipinski definition) is 3. The van der Waals surface area contributed by atoms with Crippen molar-refractivity contribution in [3.63, 3.8) is 0 Å². The molecule has 1 heterocycles. The maximum Gasteiger partial charge on any atom is 0.321 e. The number of nitrogens with one attached hydrogen (secondary N) is 2. The van der Waals surface area contributed by atoms with Crippen LogP contribution in [0.4, 0.5) is 4.79 Å². The van der Waals surface area contributed by atoms with Gasteiger partial charge >= 0.3 is 6.03 Å². The summed E-state index contributed by atoms with van der Waals surface area (Å²) in [4.78, 5) is 22.7. The Morgan fingerprint density at radius 2 is 2.28 bits per heavy atom. The number of aromatic nitrogens is 3. The first-order valence-electron chi connectivity index (χ1n) is 5.82. The van der Waals surface area contributed by atoms with Crippen LogP contribution in [0.2, 0.25) is 0 Å². The van der Waals surface area contributed by atoms with E-state index in [1.807, 2.05) is 6.92 Å². The van der Waals surface area contributed by atoms with E-state index in [1.54, 1.807) is 6.20 Å². The summed E-state index contributed by atoms with van der Waals surface area (Å²) in [5.41, 5.74) is 6.10. The van der Waals surface area contributed by atoms with Crippen molar-refractivity contribution in [2.75, 3.05) is 13.1 Å². The molecular weight excluding hydrogens is 236 g/mol. The van der Waals surface area contributed by atoms with Crippen LogP contribution in [0.15, 0.2) is 6.20 Å². The molecule has 0 unspecified atom stereocenters. The van der Waals surface area contributed by atoms with Crippen LogP contribution in [0, 0.1) is 0 Å². The van der Waals surface area contributed by atoms with Crippen molar-refractivity contribution in [3.05, 3.63) is 11.9 Å². The Balaban J connectivity index is 2.36. The fourth-order valence-corrected chi connectivity index (χ4v) is 1.27. The van der Waals surface area contributed by atoms with E-state index in [0.717, 1.165) is 12.1 Å². The molecule has 1 rings (SSSR count). The Bertz CT molecular complexity index is 403. The monoisotopic (exact) mass is 254 g/mol. The number of hydrogen-bond acceptors (Lipinski definition) is 5. The topological polar surface area (TPSA) is 115 Å². The first kappa shape index (κ1) is 14.1. The summed E-state index contributed by atoms with van der Waals surface area (Å²) in [5, 5.41) is 12.3. The van der Waals surface area contributed by atoms with Gasteiger partial charge in [0, 0.05) is 19.2 Å². The molecule has 0 aliphatic carbocycles.